The van der Waals surface area contributed by atoms with Crippen LogP contribution in [0.3, 0.4) is 0 Å². The van der Waals surface area contributed by atoms with Crippen LogP contribution in [-0.4, -0.2) is 29.9 Å². The Bertz CT molecular complexity index is 221. The molecule has 0 saturated carbocycles. The van der Waals surface area contributed by atoms with E-state index in [-0.39, 0.29) is 18.4 Å². The number of halogens is 1. The van der Waals surface area contributed by atoms with Gasteiger partial charge in [-0.25, -0.2) is 0 Å². The van der Waals surface area contributed by atoms with Gasteiger partial charge in [-0.15, -0.1) is 12.4 Å². The Morgan fingerprint density at radius 2 is 2.12 bits per heavy atom. The lowest BCUT2D eigenvalue weighted by molar-refractivity contribution is -0.131. The summed E-state index contributed by atoms with van der Waals surface area (Å²) in [6.07, 6.45) is 2.74. The molecule has 0 aromatic rings. The Labute approximate surface area is 105 Å². The second-order valence-corrected chi connectivity index (χ2v) is 5.00. The number of hydrogen-bond acceptors (Lipinski definition) is 2. The zero-order chi connectivity index (χ0) is 11.4. The van der Waals surface area contributed by atoms with Crippen LogP contribution in [0.5, 0.6) is 0 Å². The van der Waals surface area contributed by atoms with Gasteiger partial charge in [-0.05, 0) is 18.3 Å². The quantitative estimate of drug-likeness (QED) is 0.828. The molecule has 0 aromatic carbocycles. The van der Waals surface area contributed by atoms with Crippen LogP contribution in [0.2, 0.25) is 0 Å². The van der Waals surface area contributed by atoms with Gasteiger partial charge in [0.2, 0.25) is 5.91 Å². The molecule has 4 heteroatoms. The molecule has 96 valence electrons. The van der Waals surface area contributed by atoms with Crippen molar-refractivity contribution in [1.29, 1.82) is 0 Å². The van der Waals surface area contributed by atoms with Crippen molar-refractivity contribution < 1.29 is 4.79 Å². The molecule has 1 saturated heterocycles. The van der Waals surface area contributed by atoms with Gasteiger partial charge in [0.15, 0.2) is 0 Å². The summed E-state index contributed by atoms with van der Waals surface area (Å²) in [5.41, 5.74) is 5.79. The topological polar surface area (TPSA) is 46.3 Å². The number of nitrogens with zero attached hydrogens (tertiary/aromatic N) is 1. The lowest BCUT2D eigenvalue weighted by atomic mass is 9.90. The van der Waals surface area contributed by atoms with Crippen LogP contribution in [0.15, 0.2) is 0 Å². The van der Waals surface area contributed by atoms with Gasteiger partial charge in [0, 0.05) is 25.6 Å². The number of likely N-dealkylation sites (tertiary alicyclic amines) is 1. The Kier molecular flexibility index (Phi) is 7.00. The summed E-state index contributed by atoms with van der Waals surface area (Å²) < 4.78 is 0. The van der Waals surface area contributed by atoms with Crippen LogP contribution < -0.4 is 5.73 Å². The fraction of sp³-hybridized carbons (Fsp3) is 0.917. The van der Waals surface area contributed by atoms with Crippen LogP contribution in [0, 0.1) is 11.8 Å². The minimum atomic E-state index is 0. The second kappa shape index (κ2) is 7.13. The average molecular weight is 249 g/mol. The molecule has 1 rings (SSSR count). The fourth-order valence-electron chi connectivity index (χ4n) is 2.22. The Balaban J connectivity index is 0.00000225. The van der Waals surface area contributed by atoms with Gasteiger partial charge < -0.3 is 10.6 Å². The lowest BCUT2D eigenvalue weighted by Gasteiger charge is -2.22. The maximum Gasteiger partial charge on any atom is 0.222 e. The molecule has 2 N–H and O–H groups in total. The third kappa shape index (κ3) is 4.30. The first kappa shape index (κ1) is 15.7. The zero-order valence-electron chi connectivity index (χ0n) is 10.6. The highest BCUT2D eigenvalue weighted by Gasteiger charge is 2.25. The van der Waals surface area contributed by atoms with E-state index in [1.54, 1.807) is 0 Å². The molecule has 1 unspecified atom stereocenters. The smallest absolute Gasteiger partial charge is 0.222 e. The van der Waals surface area contributed by atoms with Crippen LogP contribution in [0.4, 0.5) is 0 Å². The molecule has 1 heterocycles. The SMILES string of the molecule is CCC(CC(=O)N1CC[C@@H](N)C1)C(C)C.Cl. The summed E-state index contributed by atoms with van der Waals surface area (Å²) in [5, 5.41) is 0. The van der Waals surface area contributed by atoms with Gasteiger partial charge >= 0.3 is 0 Å². The Morgan fingerprint density at radius 1 is 1.50 bits per heavy atom. The van der Waals surface area contributed by atoms with E-state index in [2.05, 4.69) is 20.8 Å². The van der Waals surface area contributed by atoms with Crippen molar-refractivity contribution >= 4 is 18.3 Å². The molecule has 2 atom stereocenters. The van der Waals surface area contributed by atoms with Crippen molar-refractivity contribution in [2.24, 2.45) is 17.6 Å². The number of hydrogen-bond donors (Lipinski definition) is 1. The first-order valence-corrected chi connectivity index (χ1v) is 6.08. The number of amides is 1. The molecule has 3 nitrogen and oxygen atoms in total. The maximum atomic E-state index is 11.9. The normalized spacial score (nSPS) is 22.1. The summed E-state index contributed by atoms with van der Waals surface area (Å²) in [6.45, 7) is 8.16. The largest absolute Gasteiger partial charge is 0.341 e. The zero-order valence-corrected chi connectivity index (χ0v) is 11.4. The molecule has 16 heavy (non-hydrogen) atoms. The molecule has 0 aliphatic carbocycles. The van der Waals surface area contributed by atoms with Crippen molar-refractivity contribution in [1.82, 2.24) is 4.90 Å². The van der Waals surface area contributed by atoms with E-state index in [9.17, 15) is 4.79 Å². The molecule has 0 aromatic heterocycles. The lowest BCUT2D eigenvalue weighted by Crippen LogP contribution is -2.33. The van der Waals surface area contributed by atoms with Crippen LogP contribution in [0.25, 0.3) is 0 Å². The van der Waals surface area contributed by atoms with Gasteiger partial charge in [-0.1, -0.05) is 27.2 Å². The number of nitrogens with two attached hydrogens (primary N) is 1. The van der Waals surface area contributed by atoms with Crippen LogP contribution >= 0.6 is 12.4 Å². The minimum absolute atomic E-state index is 0. The average Bonchev–Trinajstić information content (AvgIpc) is 2.60. The van der Waals surface area contributed by atoms with Gasteiger partial charge in [-0.2, -0.15) is 0 Å². The van der Waals surface area contributed by atoms with Crippen LogP contribution in [-0.2, 0) is 4.79 Å². The Hall–Kier alpha value is -0.280. The second-order valence-electron chi connectivity index (χ2n) is 5.00. The summed E-state index contributed by atoms with van der Waals surface area (Å²) in [4.78, 5) is 13.9. The molecular formula is C12H25ClN2O. The first-order valence-electron chi connectivity index (χ1n) is 6.08. The summed E-state index contributed by atoms with van der Waals surface area (Å²) in [6, 6.07) is 0.202. The number of carbonyl (C=O) groups is 1. The van der Waals surface area contributed by atoms with E-state index in [4.69, 9.17) is 5.73 Å². The maximum absolute atomic E-state index is 11.9. The van der Waals surface area contributed by atoms with Crippen molar-refractivity contribution in [2.45, 2.75) is 46.1 Å². The van der Waals surface area contributed by atoms with Crippen LogP contribution in [0.1, 0.15) is 40.0 Å². The summed E-state index contributed by atoms with van der Waals surface area (Å²) in [5.74, 6) is 1.41. The van der Waals surface area contributed by atoms with Crippen molar-refractivity contribution in [3.63, 3.8) is 0 Å². The first-order chi connectivity index (χ1) is 7.04. The van der Waals surface area contributed by atoms with E-state index in [1.165, 1.54) is 0 Å². The van der Waals surface area contributed by atoms with E-state index in [1.807, 2.05) is 4.90 Å². The van der Waals surface area contributed by atoms with E-state index in [0.717, 1.165) is 25.9 Å². The van der Waals surface area contributed by atoms with Crippen molar-refractivity contribution in [3.8, 4) is 0 Å². The highest BCUT2D eigenvalue weighted by molar-refractivity contribution is 5.85. The highest BCUT2D eigenvalue weighted by atomic mass is 35.5. The van der Waals surface area contributed by atoms with Gasteiger partial charge in [-0.3, -0.25) is 4.79 Å². The summed E-state index contributed by atoms with van der Waals surface area (Å²) in [7, 11) is 0. The highest BCUT2D eigenvalue weighted by Crippen LogP contribution is 2.21. The molecule has 0 bridgehead atoms. The van der Waals surface area contributed by atoms with Crippen molar-refractivity contribution in [3.05, 3.63) is 0 Å². The number of carbonyl (C=O) groups excluding carboxylic acids is 1. The van der Waals surface area contributed by atoms with E-state index in [0.29, 0.717) is 24.2 Å². The molecule has 0 spiro atoms. The standard InChI is InChI=1S/C12H24N2O.ClH/c1-4-10(9(2)3)7-12(15)14-6-5-11(13)8-14;/h9-11H,4-8,13H2,1-3H3;1H/t10?,11-;/m1./s1. The molecule has 1 amide bonds. The Morgan fingerprint density at radius 3 is 2.50 bits per heavy atom. The van der Waals surface area contributed by atoms with Crippen molar-refractivity contribution in [2.75, 3.05) is 13.1 Å². The van der Waals surface area contributed by atoms with E-state index < -0.39 is 0 Å². The van der Waals surface area contributed by atoms with Gasteiger partial charge in [0.1, 0.15) is 0 Å². The van der Waals surface area contributed by atoms with E-state index >= 15 is 0 Å². The third-order valence-electron chi connectivity index (χ3n) is 3.48. The molecule has 1 aliphatic heterocycles. The molecule has 1 aliphatic rings. The third-order valence-corrected chi connectivity index (χ3v) is 3.48. The number of rotatable bonds is 4. The van der Waals surface area contributed by atoms with Gasteiger partial charge in [0.25, 0.3) is 0 Å². The predicted octanol–water partition coefficient (Wildman–Crippen LogP) is 2.04. The summed E-state index contributed by atoms with van der Waals surface area (Å²) >= 11 is 0. The minimum Gasteiger partial charge on any atom is -0.341 e. The predicted molar refractivity (Wildman–Crippen MR) is 69.7 cm³/mol. The molecule has 1 fully saturated rings. The molecular weight excluding hydrogens is 224 g/mol. The van der Waals surface area contributed by atoms with Gasteiger partial charge in [0.05, 0.1) is 0 Å². The fourth-order valence-corrected chi connectivity index (χ4v) is 2.22. The molecule has 0 radical (unpaired) electrons. The monoisotopic (exact) mass is 248 g/mol.